The van der Waals surface area contributed by atoms with E-state index in [-0.39, 0.29) is 13.0 Å². The van der Waals surface area contributed by atoms with Gasteiger partial charge >= 0.3 is 13.3 Å². The fourth-order valence-corrected chi connectivity index (χ4v) is 3.57. The lowest BCUT2D eigenvalue weighted by molar-refractivity contribution is -0.0238. The number of nitrogens with one attached hydrogen (secondary N) is 1. The second kappa shape index (κ2) is 13.0. The molecule has 1 fully saturated rings. The molecule has 0 spiro atoms. The lowest BCUT2D eigenvalue weighted by Gasteiger charge is -2.18. The minimum atomic E-state index is -3.95. The Labute approximate surface area is 185 Å². The lowest BCUT2D eigenvalue weighted by Crippen LogP contribution is -2.33. The average Bonchev–Trinajstić information content (AvgIpc) is 3.14. The molecule has 0 amide bonds. The summed E-state index contributed by atoms with van der Waals surface area (Å²) in [6.45, 7) is 11.3. The first-order chi connectivity index (χ1) is 14.6. The van der Waals surface area contributed by atoms with E-state index in [0.717, 1.165) is 4.57 Å². The monoisotopic (exact) mass is 480 g/mol. The molecule has 1 saturated heterocycles. The van der Waals surface area contributed by atoms with Crippen molar-refractivity contribution in [2.45, 2.75) is 52.5 Å². The minimum absolute atomic E-state index is 0.139. The molecule has 1 aliphatic rings. The zero-order valence-electron chi connectivity index (χ0n) is 18.1. The Kier molecular flexibility index (Phi) is 11.5. The van der Waals surface area contributed by atoms with Gasteiger partial charge in [-0.05, 0) is 32.1 Å². The molecule has 1 aliphatic heterocycles. The molecule has 0 aliphatic carbocycles. The van der Waals surface area contributed by atoms with E-state index in [1.807, 2.05) is 0 Å². The highest BCUT2D eigenvalue weighted by Crippen LogP contribution is 2.44. The largest absolute Gasteiger partial charge is 0.352 e. The molecular weight excluding hydrogens is 451 g/mol. The summed E-state index contributed by atoms with van der Waals surface area (Å²) in [5.74, 6) is 0. The van der Waals surface area contributed by atoms with E-state index >= 15 is 0 Å². The van der Waals surface area contributed by atoms with Gasteiger partial charge < -0.3 is 19.1 Å². The average molecular weight is 481 g/mol. The van der Waals surface area contributed by atoms with E-state index in [9.17, 15) is 19.0 Å². The van der Waals surface area contributed by atoms with Crippen LogP contribution in [0, 0.1) is 6.92 Å². The molecule has 0 saturated carbocycles. The Morgan fingerprint density at radius 1 is 1.42 bits per heavy atom. The van der Waals surface area contributed by atoms with Gasteiger partial charge in [0.25, 0.3) is 5.56 Å². The molecular formula is C17H30ClN6O6P. The van der Waals surface area contributed by atoms with Gasteiger partial charge in [-0.25, -0.2) is 4.79 Å². The lowest BCUT2D eigenvalue weighted by atomic mass is 10.1. The number of aryl methyl sites for hydroxylation is 1. The number of aromatic amines is 1. The second-order valence-electron chi connectivity index (χ2n) is 6.79. The summed E-state index contributed by atoms with van der Waals surface area (Å²) in [7, 11) is -3.95. The number of aromatic nitrogens is 2. The van der Waals surface area contributed by atoms with Gasteiger partial charge in [-0.3, -0.25) is 18.9 Å². The van der Waals surface area contributed by atoms with Crippen molar-refractivity contribution in [1.82, 2.24) is 14.5 Å². The van der Waals surface area contributed by atoms with Crippen molar-refractivity contribution >= 4 is 19.2 Å². The Morgan fingerprint density at radius 3 is 2.52 bits per heavy atom. The molecule has 1 aromatic rings. The molecule has 4 atom stereocenters. The van der Waals surface area contributed by atoms with Crippen LogP contribution in [0.2, 0.25) is 0 Å². The quantitative estimate of drug-likeness (QED) is 0.180. The predicted molar refractivity (Wildman–Crippen MR) is 117 cm³/mol. The zero-order chi connectivity index (χ0) is 23.6. The van der Waals surface area contributed by atoms with Crippen LogP contribution in [0.15, 0.2) is 20.9 Å². The number of halogens is 1. The highest BCUT2D eigenvalue weighted by Gasteiger charge is 2.37. The second-order valence-corrected chi connectivity index (χ2v) is 9.28. The highest BCUT2D eigenvalue weighted by molar-refractivity contribution is 7.54. The highest BCUT2D eigenvalue weighted by atomic mass is 35.5. The van der Waals surface area contributed by atoms with Crippen LogP contribution >= 0.6 is 19.2 Å². The first-order valence-corrected chi connectivity index (χ1v) is 12.2. The first-order valence-electron chi connectivity index (χ1n) is 9.88. The summed E-state index contributed by atoms with van der Waals surface area (Å²) in [6.07, 6.45) is -0.183. The number of H-pyrrole nitrogens is 1. The van der Waals surface area contributed by atoms with Crippen LogP contribution in [-0.2, 0) is 13.8 Å². The molecule has 12 nitrogen and oxygen atoms in total. The molecule has 2 heterocycles. The van der Waals surface area contributed by atoms with Gasteiger partial charge in [0.1, 0.15) is 11.8 Å². The number of hydrogen-bond acceptors (Lipinski definition) is 7. The number of hydrogen-bond donors (Lipinski definition) is 2. The normalized spacial score (nSPS) is 22.4. The van der Waals surface area contributed by atoms with E-state index in [1.165, 1.54) is 32.8 Å². The molecule has 1 aromatic heterocycles. The Hall–Kier alpha value is -1.65. The van der Waals surface area contributed by atoms with Crippen LogP contribution < -0.4 is 11.2 Å². The van der Waals surface area contributed by atoms with Crippen molar-refractivity contribution in [3.8, 4) is 0 Å². The maximum Gasteiger partial charge on any atom is 0.342 e. The molecule has 0 radical (unpaired) electrons. The smallest absolute Gasteiger partial charge is 0.342 e. The van der Waals surface area contributed by atoms with Crippen molar-refractivity contribution in [3.63, 3.8) is 0 Å². The Bertz CT molecular complexity index is 908. The van der Waals surface area contributed by atoms with Crippen LogP contribution in [0.25, 0.3) is 10.4 Å². The van der Waals surface area contributed by atoms with Gasteiger partial charge in [-0.1, -0.05) is 25.9 Å². The third-order valence-corrected chi connectivity index (χ3v) is 6.55. The Morgan fingerprint density at radius 2 is 2.03 bits per heavy atom. The number of alkyl halides is 1. The Balaban J connectivity index is 0.000000592. The number of nitrogens with zero attached hydrogens (tertiary/aromatic N) is 5. The summed E-state index contributed by atoms with van der Waals surface area (Å²) in [4.78, 5) is 39.9. The van der Waals surface area contributed by atoms with Gasteiger partial charge in [0, 0.05) is 23.1 Å². The molecule has 31 heavy (non-hydrogen) atoms. The van der Waals surface area contributed by atoms with Gasteiger partial charge in [-0.15, -0.1) is 11.6 Å². The first kappa shape index (κ1) is 27.4. The van der Waals surface area contributed by atoms with E-state index in [1.54, 1.807) is 0 Å². The van der Waals surface area contributed by atoms with Crippen LogP contribution in [0.3, 0.4) is 0 Å². The zero-order valence-corrected chi connectivity index (χ0v) is 19.8. The molecule has 2 N–H and O–H groups in total. The summed E-state index contributed by atoms with van der Waals surface area (Å²) >= 11 is 5.31. The maximum atomic E-state index is 11.9. The number of ether oxygens (including phenoxy) is 1. The molecule has 0 aromatic carbocycles. The predicted octanol–water partition coefficient (Wildman–Crippen LogP) is 2.56. The van der Waals surface area contributed by atoms with Gasteiger partial charge in [0.15, 0.2) is 0 Å². The van der Waals surface area contributed by atoms with Gasteiger partial charge in [-0.2, -0.15) is 0 Å². The van der Waals surface area contributed by atoms with Gasteiger partial charge in [0.2, 0.25) is 0 Å². The maximum absolute atomic E-state index is 11.9. The fraction of sp³-hybridized carbons (Fsp3) is 0.765. The fourth-order valence-electron chi connectivity index (χ4n) is 2.92. The van der Waals surface area contributed by atoms with E-state index in [4.69, 9.17) is 26.4 Å². The topological polar surface area (TPSA) is 163 Å². The molecule has 1 unspecified atom stereocenters. The van der Waals surface area contributed by atoms with Crippen LogP contribution in [0.5, 0.6) is 0 Å². The molecule has 176 valence electrons. The van der Waals surface area contributed by atoms with Crippen molar-refractivity contribution in [1.29, 1.82) is 0 Å². The molecule has 2 rings (SSSR count). The molecule has 14 heteroatoms. The number of rotatable bonds is 9. The van der Waals surface area contributed by atoms with E-state index in [0.29, 0.717) is 5.56 Å². The third kappa shape index (κ3) is 8.42. The molecule has 0 bridgehead atoms. The van der Waals surface area contributed by atoms with Crippen LogP contribution in [0.4, 0.5) is 0 Å². The van der Waals surface area contributed by atoms with Crippen LogP contribution in [0.1, 0.15) is 39.0 Å². The van der Waals surface area contributed by atoms with Crippen molar-refractivity contribution < 1.29 is 18.7 Å². The summed E-state index contributed by atoms with van der Waals surface area (Å²) in [5, 5.41) is 3.56. The number of azide groups is 1. The van der Waals surface area contributed by atoms with Crippen LogP contribution in [-0.4, -0.2) is 63.4 Å². The SMILES string of the molecule is CCN(CC)CC.Cc1cn([C@H]2C[C@H](N=[N+]=[N-])[C@@H](COP(=O)(O)CCl)O2)c(=O)[nH]c1=O. The van der Waals surface area contributed by atoms with Gasteiger partial charge in [0.05, 0.1) is 18.8 Å². The summed E-state index contributed by atoms with van der Waals surface area (Å²) in [5.41, 5.74) is 7.16. The van der Waals surface area contributed by atoms with Crippen molar-refractivity contribution in [3.05, 3.63) is 43.0 Å². The van der Waals surface area contributed by atoms with Crippen molar-refractivity contribution in [2.24, 2.45) is 5.11 Å². The third-order valence-electron chi connectivity index (χ3n) is 4.79. The minimum Gasteiger partial charge on any atom is -0.352 e. The summed E-state index contributed by atoms with van der Waals surface area (Å²) < 4.78 is 23.0. The standard InChI is InChI=1S/C11H15ClN5O6P.C6H15N/c1-6-3-17(11(19)14-10(6)18)9-2-7(15-16-13)8(23-9)4-22-24(20,21)5-12;1-4-7(5-2)6-3/h3,7-9H,2,4-5H2,1H3,(H,20,21)(H,14,18,19);4-6H2,1-3H3/t7-,8+,9+;/m0./s1. The summed E-state index contributed by atoms with van der Waals surface area (Å²) in [6, 6.07) is -0.713. The van der Waals surface area contributed by atoms with E-state index in [2.05, 4.69) is 40.7 Å². The van der Waals surface area contributed by atoms with E-state index < -0.39 is 42.8 Å². The van der Waals surface area contributed by atoms with Crippen molar-refractivity contribution in [2.75, 3.05) is 31.9 Å².